The van der Waals surface area contributed by atoms with Crippen LogP contribution in [0.15, 0.2) is 0 Å². The van der Waals surface area contributed by atoms with Crippen molar-refractivity contribution in [2.45, 2.75) is 32.4 Å². The van der Waals surface area contributed by atoms with E-state index in [-0.39, 0.29) is 49.7 Å². The molecule has 11 nitrogen and oxygen atoms in total. The quantitative estimate of drug-likeness (QED) is 0.172. The van der Waals surface area contributed by atoms with Gasteiger partial charge in [-0.3, -0.25) is 4.57 Å². The fraction of sp³-hybridized carbons (Fsp3) is 0.889. The second-order valence-electron chi connectivity index (χ2n) is 8.14. The van der Waals surface area contributed by atoms with Crippen LogP contribution in [0.25, 0.3) is 0 Å². The molecule has 0 spiro atoms. The number of aliphatic carboxylic acids is 1. The summed E-state index contributed by atoms with van der Waals surface area (Å²) in [6.07, 6.45) is -1.07. The van der Waals surface area contributed by atoms with Crippen molar-refractivity contribution in [1.29, 1.82) is 0 Å². The Morgan fingerprint density at radius 3 is 1.74 bits per heavy atom. The first kappa shape index (κ1) is 35.0. The number of ether oxygens (including phenoxy) is 1. The highest BCUT2D eigenvalue weighted by atomic mass is 35.5. The highest BCUT2D eigenvalue weighted by molar-refractivity contribution is 7.91. The second-order valence-corrected chi connectivity index (χ2v) is 14.2. The van der Waals surface area contributed by atoms with Crippen LogP contribution in [0.1, 0.15) is 20.8 Å². The summed E-state index contributed by atoms with van der Waals surface area (Å²) in [4.78, 5) is 23.4. The van der Waals surface area contributed by atoms with E-state index < -0.39 is 59.3 Å². The number of nitrogens with one attached hydrogen (secondary N) is 1. The molecule has 17 heteroatoms. The number of hydrogen-bond donors (Lipinski definition) is 2. The minimum Gasteiger partial charge on any atom is -0.480 e. The van der Waals surface area contributed by atoms with Crippen molar-refractivity contribution >= 4 is 76.0 Å². The summed E-state index contributed by atoms with van der Waals surface area (Å²) in [5, 5.41) is 11.4. The standard InChI is InChI=1S/C18H34Cl4N3O8PS/c1-18(2,3)33-17(28)23-15(16(26)27)14-35(30,31)13-12-32-34(29,24(8-4-19)9-5-20)25(10-6-21)11-7-22/h15H,4-14H2,1-3H3,(H,23,28)(H,26,27)/t15-/m0/s1. The molecule has 2 N–H and O–H groups in total. The number of carbonyl (C=O) groups excluding carboxylic acids is 1. The molecule has 0 saturated carbocycles. The van der Waals surface area contributed by atoms with E-state index in [2.05, 4.69) is 0 Å². The van der Waals surface area contributed by atoms with E-state index in [4.69, 9.17) is 55.7 Å². The van der Waals surface area contributed by atoms with Gasteiger partial charge in [0.15, 0.2) is 9.84 Å². The van der Waals surface area contributed by atoms with Crippen molar-refractivity contribution in [2.75, 3.05) is 67.8 Å². The zero-order chi connectivity index (χ0) is 27.3. The normalized spacial score (nSPS) is 13.7. The maximum absolute atomic E-state index is 13.9. The van der Waals surface area contributed by atoms with Crippen LogP contribution in [0.3, 0.4) is 0 Å². The summed E-state index contributed by atoms with van der Waals surface area (Å²) in [6.45, 7) is 4.75. The lowest BCUT2D eigenvalue weighted by Gasteiger charge is -2.37. The molecule has 208 valence electrons. The van der Waals surface area contributed by atoms with Crippen molar-refractivity contribution in [2.24, 2.45) is 0 Å². The zero-order valence-electron chi connectivity index (χ0n) is 19.9. The summed E-state index contributed by atoms with van der Waals surface area (Å²) < 4.78 is 52.5. The van der Waals surface area contributed by atoms with Crippen LogP contribution in [0.5, 0.6) is 0 Å². The van der Waals surface area contributed by atoms with E-state index in [9.17, 15) is 27.7 Å². The van der Waals surface area contributed by atoms with Crippen LogP contribution >= 0.6 is 54.1 Å². The first-order valence-corrected chi connectivity index (χ1v) is 16.1. The molecule has 0 heterocycles. The summed E-state index contributed by atoms with van der Waals surface area (Å²) in [6, 6.07) is -1.75. The number of halogens is 4. The third-order valence-corrected chi connectivity index (χ3v) is 9.20. The van der Waals surface area contributed by atoms with Crippen LogP contribution in [-0.2, 0) is 28.5 Å². The van der Waals surface area contributed by atoms with Gasteiger partial charge >= 0.3 is 19.7 Å². The highest BCUT2D eigenvalue weighted by Gasteiger charge is 2.38. The molecule has 0 unspecified atom stereocenters. The zero-order valence-corrected chi connectivity index (χ0v) is 24.7. The molecule has 1 atom stereocenters. The first-order valence-electron chi connectivity index (χ1n) is 10.6. The molecule has 0 bridgehead atoms. The Hall–Kier alpha value is -0.0400. The van der Waals surface area contributed by atoms with E-state index in [1.54, 1.807) is 20.8 Å². The van der Waals surface area contributed by atoms with Crippen molar-refractivity contribution < 1.29 is 36.9 Å². The first-order chi connectivity index (χ1) is 16.2. The smallest absolute Gasteiger partial charge is 0.408 e. The minimum absolute atomic E-state index is 0.106. The second kappa shape index (κ2) is 16.7. The molecule has 0 aliphatic heterocycles. The van der Waals surface area contributed by atoms with Gasteiger partial charge in [-0.2, -0.15) is 0 Å². The molecule has 0 aromatic heterocycles. The molecule has 0 aliphatic rings. The Morgan fingerprint density at radius 2 is 1.40 bits per heavy atom. The van der Waals surface area contributed by atoms with Gasteiger partial charge in [-0.25, -0.2) is 27.3 Å². The van der Waals surface area contributed by atoms with E-state index in [0.717, 1.165) is 0 Å². The van der Waals surface area contributed by atoms with Crippen molar-refractivity contribution in [3.63, 3.8) is 0 Å². The number of sulfone groups is 1. The van der Waals surface area contributed by atoms with Crippen LogP contribution < -0.4 is 5.32 Å². The van der Waals surface area contributed by atoms with Gasteiger partial charge in [0.25, 0.3) is 0 Å². The average Bonchev–Trinajstić information content (AvgIpc) is 2.71. The fourth-order valence-electron chi connectivity index (χ4n) is 2.71. The van der Waals surface area contributed by atoms with Gasteiger partial charge in [0, 0.05) is 49.7 Å². The van der Waals surface area contributed by atoms with E-state index >= 15 is 0 Å². The Balaban J connectivity index is 5.53. The van der Waals surface area contributed by atoms with Crippen LogP contribution in [0.4, 0.5) is 4.79 Å². The van der Waals surface area contributed by atoms with Gasteiger partial charge in [0.05, 0.1) is 18.1 Å². The molecule has 1 amide bonds. The lowest BCUT2D eigenvalue weighted by Crippen LogP contribution is -2.47. The van der Waals surface area contributed by atoms with Crippen molar-refractivity contribution in [3.05, 3.63) is 0 Å². The van der Waals surface area contributed by atoms with Crippen LogP contribution in [-0.4, -0.2) is 114 Å². The third-order valence-electron chi connectivity index (χ3n) is 4.15. The number of carboxylic acids is 1. The molecule has 0 radical (unpaired) electrons. The Labute approximate surface area is 227 Å². The predicted octanol–water partition coefficient (Wildman–Crippen LogP) is 3.06. The Morgan fingerprint density at radius 1 is 0.971 bits per heavy atom. The van der Waals surface area contributed by atoms with Crippen molar-refractivity contribution in [3.8, 4) is 0 Å². The molecule has 0 aliphatic carbocycles. The molecular formula is C18H34Cl4N3O8PS. The number of alkyl halides is 4. The number of carbonyl (C=O) groups is 2. The number of carboxylic acid groups (broad SMARTS) is 1. The Bertz CT molecular complexity index is 784. The highest BCUT2D eigenvalue weighted by Crippen LogP contribution is 2.54. The monoisotopic (exact) mass is 623 g/mol. The number of amides is 1. The van der Waals surface area contributed by atoms with Gasteiger partial charge in [0.2, 0.25) is 0 Å². The van der Waals surface area contributed by atoms with E-state index in [1.807, 2.05) is 5.32 Å². The lowest BCUT2D eigenvalue weighted by molar-refractivity contribution is -0.138. The summed E-state index contributed by atoms with van der Waals surface area (Å²) in [5.41, 5.74) is -0.906. The lowest BCUT2D eigenvalue weighted by atomic mass is 10.2. The van der Waals surface area contributed by atoms with Gasteiger partial charge in [-0.05, 0) is 20.8 Å². The average molecular weight is 625 g/mol. The molecular weight excluding hydrogens is 591 g/mol. The van der Waals surface area contributed by atoms with Gasteiger partial charge in [-0.1, -0.05) is 0 Å². The van der Waals surface area contributed by atoms with Gasteiger partial charge in [0.1, 0.15) is 11.6 Å². The predicted molar refractivity (Wildman–Crippen MR) is 139 cm³/mol. The summed E-state index contributed by atoms with van der Waals surface area (Å²) in [7, 11) is -7.91. The molecule has 0 aromatic carbocycles. The maximum atomic E-state index is 13.9. The molecule has 35 heavy (non-hydrogen) atoms. The summed E-state index contributed by atoms with van der Waals surface area (Å²) >= 11 is 23.4. The number of nitrogens with zero attached hydrogens (tertiary/aromatic N) is 2. The van der Waals surface area contributed by atoms with Gasteiger partial charge in [-0.15, -0.1) is 46.4 Å². The van der Waals surface area contributed by atoms with E-state index in [1.165, 1.54) is 9.34 Å². The topological polar surface area (TPSA) is 143 Å². The molecule has 0 aromatic rings. The fourth-order valence-corrected chi connectivity index (χ4v) is 7.78. The number of alkyl carbamates (subject to hydrolysis) is 1. The molecule has 0 rings (SSSR count). The Kier molecular flexibility index (Phi) is 16.7. The van der Waals surface area contributed by atoms with Crippen LogP contribution in [0.2, 0.25) is 0 Å². The van der Waals surface area contributed by atoms with E-state index in [0.29, 0.717) is 0 Å². The minimum atomic E-state index is -4.08. The van der Waals surface area contributed by atoms with Gasteiger partial charge < -0.3 is 19.7 Å². The largest absolute Gasteiger partial charge is 0.480 e. The number of rotatable bonds is 18. The maximum Gasteiger partial charge on any atom is 0.408 e. The summed E-state index contributed by atoms with van der Waals surface area (Å²) in [5.74, 6) is -2.72. The van der Waals surface area contributed by atoms with Crippen molar-refractivity contribution in [1.82, 2.24) is 14.7 Å². The van der Waals surface area contributed by atoms with Crippen LogP contribution in [0, 0.1) is 0 Å². The molecule has 0 fully saturated rings. The molecule has 0 saturated heterocycles. The SMILES string of the molecule is CC(C)(C)OC(=O)N[C@@H](CS(=O)(=O)CCOP(=O)(N(CCCl)CCCl)N(CCCl)CCCl)C(=O)O. The third kappa shape index (κ3) is 13.9. The number of hydrogen-bond acceptors (Lipinski definition) is 7.